The standard InChI is InChI=1S/C19H19ClN4O2S/c1-13-10-16(8-9-17(13)20)26-11-18(25)23-24-14(2)21-22-19(24)27-12-15-6-4-3-5-7-15/h3-10H,11-12H2,1-2H3,(H,23,25). The number of nitrogens with one attached hydrogen (secondary N) is 1. The van der Waals surface area contributed by atoms with Crippen molar-refractivity contribution in [3.63, 3.8) is 0 Å². The van der Waals surface area contributed by atoms with Crippen molar-refractivity contribution in [1.29, 1.82) is 0 Å². The van der Waals surface area contributed by atoms with Gasteiger partial charge >= 0.3 is 0 Å². The van der Waals surface area contributed by atoms with Gasteiger partial charge in [-0.05, 0) is 43.2 Å². The molecular weight excluding hydrogens is 384 g/mol. The highest BCUT2D eigenvalue weighted by Crippen LogP contribution is 2.22. The fourth-order valence-electron chi connectivity index (χ4n) is 2.30. The lowest BCUT2D eigenvalue weighted by Crippen LogP contribution is -2.29. The van der Waals surface area contributed by atoms with Crippen molar-refractivity contribution in [2.45, 2.75) is 24.8 Å². The van der Waals surface area contributed by atoms with Gasteiger partial charge in [-0.1, -0.05) is 53.7 Å². The number of hydrogen-bond donors (Lipinski definition) is 1. The maximum Gasteiger partial charge on any atom is 0.276 e. The average Bonchev–Trinajstić information content (AvgIpc) is 3.01. The average molecular weight is 403 g/mol. The van der Waals surface area contributed by atoms with E-state index in [1.54, 1.807) is 29.8 Å². The van der Waals surface area contributed by atoms with Gasteiger partial charge in [0.25, 0.3) is 5.91 Å². The van der Waals surface area contributed by atoms with E-state index < -0.39 is 0 Å². The lowest BCUT2D eigenvalue weighted by atomic mass is 10.2. The molecule has 0 unspecified atom stereocenters. The highest BCUT2D eigenvalue weighted by molar-refractivity contribution is 7.98. The second-order valence-corrected chi connectivity index (χ2v) is 7.22. The number of aromatic nitrogens is 3. The molecule has 0 radical (unpaired) electrons. The molecule has 0 saturated heterocycles. The van der Waals surface area contributed by atoms with Gasteiger partial charge in [-0.3, -0.25) is 10.2 Å². The number of carbonyl (C=O) groups excluding carboxylic acids is 1. The fourth-order valence-corrected chi connectivity index (χ4v) is 3.31. The number of thioether (sulfide) groups is 1. The Bertz CT molecular complexity index is 931. The number of benzene rings is 2. The van der Waals surface area contributed by atoms with Gasteiger partial charge in [-0.2, -0.15) is 0 Å². The monoisotopic (exact) mass is 402 g/mol. The molecule has 1 aromatic heterocycles. The van der Waals surface area contributed by atoms with E-state index in [2.05, 4.69) is 15.6 Å². The molecule has 8 heteroatoms. The quantitative estimate of drug-likeness (QED) is 0.605. The molecule has 1 amide bonds. The number of hydrogen-bond acceptors (Lipinski definition) is 5. The first kappa shape index (κ1) is 19.3. The minimum Gasteiger partial charge on any atom is -0.484 e. The molecular formula is C19H19ClN4O2S. The normalized spacial score (nSPS) is 10.6. The Balaban J connectivity index is 1.58. The molecule has 0 bridgehead atoms. The van der Waals surface area contributed by atoms with E-state index in [0.717, 1.165) is 11.3 Å². The topological polar surface area (TPSA) is 69.0 Å². The minimum absolute atomic E-state index is 0.124. The summed E-state index contributed by atoms with van der Waals surface area (Å²) in [5, 5.41) is 9.45. The van der Waals surface area contributed by atoms with Crippen LogP contribution in [0.3, 0.4) is 0 Å². The summed E-state index contributed by atoms with van der Waals surface area (Å²) in [6.45, 7) is 3.54. The lowest BCUT2D eigenvalue weighted by Gasteiger charge is -2.11. The van der Waals surface area contributed by atoms with Crippen LogP contribution in [0.1, 0.15) is 17.0 Å². The van der Waals surface area contributed by atoms with Crippen LogP contribution in [-0.2, 0) is 10.5 Å². The number of halogens is 1. The molecule has 0 fully saturated rings. The van der Waals surface area contributed by atoms with Crippen LogP contribution in [0.25, 0.3) is 0 Å². The van der Waals surface area contributed by atoms with E-state index in [1.807, 2.05) is 37.3 Å². The predicted molar refractivity (Wildman–Crippen MR) is 107 cm³/mol. The van der Waals surface area contributed by atoms with E-state index in [0.29, 0.717) is 21.8 Å². The Morgan fingerprint density at radius 1 is 1.19 bits per heavy atom. The molecule has 2 aromatic carbocycles. The van der Waals surface area contributed by atoms with Crippen LogP contribution in [-0.4, -0.2) is 27.4 Å². The SMILES string of the molecule is Cc1cc(OCC(=O)Nn2c(C)nnc2SCc2ccccc2)ccc1Cl. The molecule has 0 aliphatic rings. The van der Waals surface area contributed by atoms with Crippen molar-refractivity contribution in [3.05, 3.63) is 70.5 Å². The molecule has 0 aliphatic carbocycles. The molecule has 1 N–H and O–H groups in total. The molecule has 0 atom stereocenters. The Morgan fingerprint density at radius 2 is 1.96 bits per heavy atom. The van der Waals surface area contributed by atoms with Gasteiger partial charge < -0.3 is 4.74 Å². The van der Waals surface area contributed by atoms with Crippen LogP contribution in [0.15, 0.2) is 53.7 Å². The fraction of sp³-hybridized carbons (Fsp3) is 0.211. The Hall–Kier alpha value is -2.51. The summed E-state index contributed by atoms with van der Waals surface area (Å²) in [6, 6.07) is 15.3. The van der Waals surface area contributed by atoms with Crippen LogP contribution in [0, 0.1) is 13.8 Å². The Labute approximate surface area is 166 Å². The first-order valence-corrected chi connectivity index (χ1v) is 9.67. The van der Waals surface area contributed by atoms with Crippen LogP contribution in [0.5, 0.6) is 5.75 Å². The van der Waals surface area contributed by atoms with E-state index in [4.69, 9.17) is 16.3 Å². The zero-order chi connectivity index (χ0) is 19.2. The summed E-state index contributed by atoms with van der Waals surface area (Å²) in [6.07, 6.45) is 0. The minimum atomic E-state index is -0.299. The second-order valence-electron chi connectivity index (χ2n) is 5.87. The summed E-state index contributed by atoms with van der Waals surface area (Å²) < 4.78 is 7.11. The number of nitrogens with zero attached hydrogens (tertiary/aromatic N) is 3. The Morgan fingerprint density at radius 3 is 2.70 bits per heavy atom. The van der Waals surface area contributed by atoms with Crippen molar-refractivity contribution >= 4 is 29.3 Å². The smallest absolute Gasteiger partial charge is 0.276 e. The summed E-state index contributed by atoms with van der Waals surface area (Å²) in [4.78, 5) is 12.3. The van der Waals surface area contributed by atoms with Gasteiger partial charge in [-0.15, -0.1) is 10.2 Å². The summed E-state index contributed by atoms with van der Waals surface area (Å²) in [7, 11) is 0. The van der Waals surface area contributed by atoms with Crippen molar-refractivity contribution < 1.29 is 9.53 Å². The summed E-state index contributed by atoms with van der Waals surface area (Å²) >= 11 is 7.49. The molecule has 1 heterocycles. The summed E-state index contributed by atoms with van der Waals surface area (Å²) in [5.41, 5.74) is 4.83. The number of aryl methyl sites for hydroxylation is 2. The third kappa shape index (κ3) is 5.24. The Kier molecular flexibility index (Phi) is 6.36. The number of amides is 1. The molecule has 140 valence electrons. The van der Waals surface area contributed by atoms with E-state index in [-0.39, 0.29) is 12.5 Å². The maximum atomic E-state index is 12.3. The van der Waals surface area contributed by atoms with Gasteiger partial charge in [0.1, 0.15) is 11.6 Å². The van der Waals surface area contributed by atoms with Gasteiger partial charge in [0, 0.05) is 10.8 Å². The first-order valence-electron chi connectivity index (χ1n) is 8.30. The predicted octanol–water partition coefficient (Wildman–Crippen LogP) is 3.99. The molecule has 0 spiro atoms. The van der Waals surface area contributed by atoms with Crippen molar-refractivity contribution in [2.24, 2.45) is 0 Å². The second kappa shape index (κ2) is 8.92. The third-order valence-corrected chi connectivity index (χ3v) is 5.17. The van der Waals surface area contributed by atoms with Crippen LogP contribution in [0.2, 0.25) is 5.02 Å². The zero-order valence-electron chi connectivity index (χ0n) is 15.0. The van der Waals surface area contributed by atoms with E-state index in [9.17, 15) is 4.79 Å². The molecule has 3 aromatic rings. The van der Waals surface area contributed by atoms with Gasteiger partial charge in [-0.25, -0.2) is 4.68 Å². The van der Waals surface area contributed by atoms with Gasteiger partial charge in [0.15, 0.2) is 6.61 Å². The third-order valence-electron chi connectivity index (χ3n) is 3.74. The molecule has 0 aliphatic heterocycles. The lowest BCUT2D eigenvalue weighted by molar-refractivity contribution is -0.119. The first-order chi connectivity index (χ1) is 13.0. The highest BCUT2D eigenvalue weighted by atomic mass is 35.5. The molecule has 3 rings (SSSR count). The van der Waals surface area contributed by atoms with E-state index in [1.165, 1.54) is 17.3 Å². The molecule has 0 saturated carbocycles. The van der Waals surface area contributed by atoms with Crippen LogP contribution < -0.4 is 10.2 Å². The highest BCUT2D eigenvalue weighted by Gasteiger charge is 2.13. The number of rotatable bonds is 7. The number of ether oxygens (including phenoxy) is 1. The largest absolute Gasteiger partial charge is 0.484 e. The van der Waals surface area contributed by atoms with Crippen LogP contribution in [0.4, 0.5) is 0 Å². The zero-order valence-corrected chi connectivity index (χ0v) is 16.5. The molecule has 6 nitrogen and oxygen atoms in total. The van der Waals surface area contributed by atoms with E-state index >= 15 is 0 Å². The van der Waals surface area contributed by atoms with Crippen molar-refractivity contribution in [1.82, 2.24) is 14.9 Å². The number of carbonyl (C=O) groups is 1. The van der Waals surface area contributed by atoms with Crippen molar-refractivity contribution in [2.75, 3.05) is 12.0 Å². The van der Waals surface area contributed by atoms with Gasteiger partial charge in [0.2, 0.25) is 5.16 Å². The summed E-state index contributed by atoms with van der Waals surface area (Å²) in [5.74, 6) is 1.62. The molecule has 27 heavy (non-hydrogen) atoms. The maximum absolute atomic E-state index is 12.3. The van der Waals surface area contributed by atoms with Gasteiger partial charge in [0.05, 0.1) is 0 Å². The van der Waals surface area contributed by atoms with Crippen LogP contribution >= 0.6 is 23.4 Å². The van der Waals surface area contributed by atoms with Crippen molar-refractivity contribution in [3.8, 4) is 5.75 Å².